The zero-order valence-corrected chi connectivity index (χ0v) is 31.2. The third-order valence-electron chi connectivity index (χ3n) is 11.8. The van der Waals surface area contributed by atoms with Crippen LogP contribution in [-0.2, 0) is 5.41 Å². The first-order valence-corrected chi connectivity index (χ1v) is 19.6. The average Bonchev–Trinajstić information content (AvgIpc) is 3.82. The molecule has 268 valence electrons. The van der Waals surface area contributed by atoms with E-state index in [4.69, 9.17) is 4.42 Å². The summed E-state index contributed by atoms with van der Waals surface area (Å²) in [5.41, 5.74) is 17.0. The van der Waals surface area contributed by atoms with Crippen LogP contribution in [0.2, 0.25) is 0 Å². The van der Waals surface area contributed by atoms with Crippen molar-refractivity contribution in [3.8, 4) is 33.4 Å². The predicted octanol–water partition coefficient (Wildman–Crippen LogP) is 14.8. The monoisotopic (exact) mass is 727 g/mol. The molecule has 0 bridgehead atoms. The van der Waals surface area contributed by atoms with Crippen molar-refractivity contribution in [2.45, 2.75) is 5.41 Å². The molecule has 0 atom stereocenters. The standard InChI is InChI=1S/C55H37NO/c1-3-14-38(15-4-1)39-26-32-43(33-27-39)56(44-34-28-40(29-35-44)46-21-13-25-53-54(46)49-20-9-12-24-52(49)57-53)45-36-30-42(31-37-45)55(41-16-5-2-6-17-41)50-22-10-7-18-47(50)48-19-8-11-23-51(48)55/h1-37H. The summed E-state index contributed by atoms with van der Waals surface area (Å²) < 4.78 is 6.25. The Hall–Kier alpha value is -7.42. The fraction of sp³-hybridized carbons (Fsp3) is 0.0182. The van der Waals surface area contributed by atoms with Crippen LogP contribution in [0.3, 0.4) is 0 Å². The first-order valence-electron chi connectivity index (χ1n) is 19.6. The summed E-state index contributed by atoms with van der Waals surface area (Å²) in [6.07, 6.45) is 0. The third kappa shape index (κ3) is 5.26. The lowest BCUT2D eigenvalue weighted by Gasteiger charge is -2.34. The van der Waals surface area contributed by atoms with Gasteiger partial charge in [0.05, 0.1) is 5.41 Å². The van der Waals surface area contributed by atoms with Gasteiger partial charge >= 0.3 is 0 Å². The Balaban J connectivity index is 1.05. The summed E-state index contributed by atoms with van der Waals surface area (Å²) >= 11 is 0. The van der Waals surface area contributed by atoms with Gasteiger partial charge in [0.1, 0.15) is 11.2 Å². The third-order valence-corrected chi connectivity index (χ3v) is 11.8. The van der Waals surface area contributed by atoms with E-state index in [1.807, 2.05) is 12.1 Å². The highest BCUT2D eigenvalue weighted by molar-refractivity contribution is 6.12. The van der Waals surface area contributed by atoms with Gasteiger partial charge in [-0.15, -0.1) is 0 Å². The van der Waals surface area contributed by atoms with Gasteiger partial charge in [-0.3, -0.25) is 0 Å². The van der Waals surface area contributed by atoms with Crippen molar-refractivity contribution in [1.82, 2.24) is 0 Å². The van der Waals surface area contributed by atoms with Crippen LogP contribution in [0.1, 0.15) is 22.3 Å². The molecule has 10 aromatic rings. The average molecular weight is 728 g/mol. The lowest BCUT2D eigenvalue weighted by Crippen LogP contribution is -2.28. The summed E-state index contributed by atoms with van der Waals surface area (Å²) in [6, 6.07) is 81.2. The molecule has 1 aromatic heterocycles. The maximum Gasteiger partial charge on any atom is 0.136 e. The second-order valence-electron chi connectivity index (χ2n) is 14.8. The molecule has 0 amide bonds. The first-order chi connectivity index (χ1) is 28.3. The van der Waals surface area contributed by atoms with E-state index in [0.29, 0.717) is 0 Å². The van der Waals surface area contributed by atoms with Gasteiger partial charge in [-0.1, -0.05) is 176 Å². The van der Waals surface area contributed by atoms with Crippen molar-refractivity contribution >= 4 is 39.0 Å². The van der Waals surface area contributed by atoms with Gasteiger partial charge in [0.15, 0.2) is 0 Å². The molecule has 1 heterocycles. The number of hydrogen-bond acceptors (Lipinski definition) is 2. The highest BCUT2D eigenvalue weighted by Gasteiger charge is 2.45. The van der Waals surface area contributed by atoms with E-state index in [1.54, 1.807) is 0 Å². The largest absolute Gasteiger partial charge is 0.456 e. The van der Waals surface area contributed by atoms with Gasteiger partial charge in [-0.2, -0.15) is 0 Å². The van der Waals surface area contributed by atoms with Crippen molar-refractivity contribution in [1.29, 1.82) is 0 Å². The van der Waals surface area contributed by atoms with Crippen molar-refractivity contribution < 1.29 is 4.42 Å². The molecule has 11 rings (SSSR count). The Morgan fingerprint density at radius 2 is 0.772 bits per heavy atom. The summed E-state index contributed by atoms with van der Waals surface area (Å²) in [5, 5.41) is 2.28. The molecule has 1 aliphatic rings. The molecule has 0 aliphatic heterocycles. The predicted molar refractivity (Wildman–Crippen MR) is 237 cm³/mol. The SMILES string of the molecule is c1ccc(-c2ccc(N(c3ccc(-c4cccc5oc6ccccc6c45)cc3)c3ccc(C4(c5ccccc5)c5ccccc5-c5ccccc54)cc3)cc2)cc1. The minimum absolute atomic E-state index is 0.449. The smallest absolute Gasteiger partial charge is 0.136 e. The number of benzene rings is 9. The normalized spacial score (nSPS) is 12.7. The number of para-hydroxylation sites is 1. The molecule has 0 unspecified atom stereocenters. The minimum atomic E-state index is -0.449. The van der Waals surface area contributed by atoms with E-state index < -0.39 is 5.41 Å². The van der Waals surface area contributed by atoms with E-state index in [0.717, 1.165) is 50.1 Å². The summed E-state index contributed by atoms with van der Waals surface area (Å²) in [4.78, 5) is 2.36. The first kappa shape index (κ1) is 33.0. The molecular formula is C55H37NO. The summed E-state index contributed by atoms with van der Waals surface area (Å²) in [7, 11) is 0. The van der Waals surface area contributed by atoms with Gasteiger partial charge in [-0.05, 0) is 104 Å². The Labute approximate surface area is 332 Å². The molecule has 2 nitrogen and oxygen atoms in total. The molecule has 1 aliphatic carbocycles. The molecule has 0 saturated carbocycles. The molecule has 0 saturated heterocycles. The molecule has 2 heteroatoms. The lowest BCUT2D eigenvalue weighted by atomic mass is 9.68. The van der Waals surface area contributed by atoms with Crippen molar-refractivity contribution in [3.05, 3.63) is 247 Å². The van der Waals surface area contributed by atoms with Gasteiger partial charge < -0.3 is 9.32 Å². The van der Waals surface area contributed by atoms with Crippen LogP contribution in [-0.4, -0.2) is 0 Å². The van der Waals surface area contributed by atoms with Gasteiger partial charge in [-0.25, -0.2) is 0 Å². The molecule has 0 radical (unpaired) electrons. The zero-order valence-electron chi connectivity index (χ0n) is 31.2. The van der Waals surface area contributed by atoms with Gasteiger partial charge in [0.25, 0.3) is 0 Å². The Morgan fingerprint density at radius 3 is 1.42 bits per heavy atom. The van der Waals surface area contributed by atoms with E-state index in [1.165, 1.54) is 44.5 Å². The number of fused-ring (bicyclic) bond motifs is 6. The highest BCUT2D eigenvalue weighted by Crippen LogP contribution is 2.56. The number of nitrogens with zero attached hydrogens (tertiary/aromatic N) is 1. The fourth-order valence-corrected chi connectivity index (χ4v) is 9.26. The maximum atomic E-state index is 6.25. The fourth-order valence-electron chi connectivity index (χ4n) is 9.26. The van der Waals surface area contributed by atoms with Crippen molar-refractivity contribution in [2.24, 2.45) is 0 Å². The second-order valence-corrected chi connectivity index (χ2v) is 14.8. The van der Waals surface area contributed by atoms with E-state index >= 15 is 0 Å². The number of hydrogen-bond donors (Lipinski definition) is 0. The number of anilines is 3. The molecule has 57 heavy (non-hydrogen) atoms. The minimum Gasteiger partial charge on any atom is -0.456 e. The van der Waals surface area contributed by atoms with E-state index in [2.05, 4.69) is 217 Å². The van der Waals surface area contributed by atoms with Gasteiger partial charge in [0, 0.05) is 27.8 Å². The summed E-state index contributed by atoms with van der Waals surface area (Å²) in [6.45, 7) is 0. The van der Waals surface area contributed by atoms with E-state index in [9.17, 15) is 0 Å². The van der Waals surface area contributed by atoms with Crippen LogP contribution in [0.4, 0.5) is 17.1 Å². The maximum absolute atomic E-state index is 6.25. The van der Waals surface area contributed by atoms with E-state index in [-0.39, 0.29) is 0 Å². The molecule has 9 aromatic carbocycles. The van der Waals surface area contributed by atoms with Crippen LogP contribution < -0.4 is 4.90 Å². The van der Waals surface area contributed by atoms with Crippen LogP contribution in [0.15, 0.2) is 229 Å². The van der Waals surface area contributed by atoms with Gasteiger partial charge in [0.2, 0.25) is 0 Å². The van der Waals surface area contributed by atoms with Crippen LogP contribution >= 0.6 is 0 Å². The number of rotatable bonds is 7. The van der Waals surface area contributed by atoms with Crippen LogP contribution in [0.25, 0.3) is 55.3 Å². The molecule has 0 spiro atoms. The molecule has 0 fully saturated rings. The Bertz CT molecular complexity index is 2990. The summed E-state index contributed by atoms with van der Waals surface area (Å²) in [5.74, 6) is 0. The second kappa shape index (κ2) is 13.4. The highest BCUT2D eigenvalue weighted by atomic mass is 16.3. The molecular weight excluding hydrogens is 691 g/mol. The quantitative estimate of drug-likeness (QED) is 0.163. The number of furan rings is 1. The zero-order chi connectivity index (χ0) is 37.8. The topological polar surface area (TPSA) is 16.4 Å². The lowest BCUT2D eigenvalue weighted by molar-refractivity contribution is 0.669. The Kier molecular flexibility index (Phi) is 7.75. The van der Waals surface area contributed by atoms with Crippen molar-refractivity contribution in [3.63, 3.8) is 0 Å². The Morgan fingerprint density at radius 1 is 0.316 bits per heavy atom. The van der Waals surface area contributed by atoms with Crippen LogP contribution in [0, 0.1) is 0 Å². The molecule has 0 N–H and O–H groups in total. The van der Waals surface area contributed by atoms with Crippen LogP contribution in [0.5, 0.6) is 0 Å². The van der Waals surface area contributed by atoms with Crippen molar-refractivity contribution in [2.75, 3.05) is 4.90 Å².